The van der Waals surface area contributed by atoms with Crippen molar-refractivity contribution in [2.75, 3.05) is 0 Å². The van der Waals surface area contributed by atoms with E-state index in [4.69, 9.17) is 5.73 Å². The maximum Gasteiger partial charge on any atom is 0.0538 e. The first-order valence-corrected chi connectivity index (χ1v) is 7.06. The second kappa shape index (κ2) is 5.41. The number of nitrogens with two attached hydrogens (primary N) is 1. The van der Waals surface area contributed by atoms with Gasteiger partial charge in [-0.15, -0.1) is 0 Å². The molecule has 4 atom stereocenters. The Morgan fingerprint density at radius 2 is 2.22 bits per heavy atom. The van der Waals surface area contributed by atoms with Gasteiger partial charge in [-0.3, -0.25) is 9.58 Å². The molecule has 18 heavy (non-hydrogen) atoms. The molecule has 1 aliphatic rings. The van der Waals surface area contributed by atoms with E-state index in [1.807, 2.05) is 17.9 Å². The number of hydrogen-bond donors (Lipinski definition) is 1. The van der Waals surface area contributed by atoms with E-state index in [1.165, 1.54) is 24.8 Å². The van der Waals surface area contributed by atoms with E-state index in [1.54, 1.807) is 0 Å². The molecule has 102 valence electrons. The Balaban J connectivity index is 2.29. The zero-order valence-corrected chi connectivity index (χ0v) is 12.0. The summed E-state index contributed by atoms with van der Waals surface area (Å²) in [4.78, 5) is 2.61. The number of likely N-dealkylation sites (tertiary alicyclic amines) is 1. The first-order chi connectivity index (χ1) is 8.54. The van der Waals surface area contributed by atoms with E-state index in [0.717, 1.165) is 0 Å². The van der Waals surface area contributed by atoms with Gasteiger partial charge in [0.15, 0.2) is 0 Å². The summed E-state index contributed by atoms with van der Waals surface area (Å²) in [6.45, 7) is 6.70. The monoisotopic (exact) mass is 250 g/mol. The van der Waals surface area contributed by atoms with Gasteiger partial charge in [-0.05, 0) is 33.1 Å². The van der Waals surface area contributed by atoms with Gasteiger partial charge in [-0.1, -0.05) is 6.92 Å². The van der Waals surface area contributed by atoms with Crippen LogP contribution in [0.1, 0.15) is 51.6 Å². The molecule has 4 unspecified atom stereocenters. The van der Waals surface area contributed by atoms with E-state index in [0.29, 0.717) is 18.1 Å². The fourth-order valence-electron chi connectivity index (χ4n) is 3.35. The van der Waals surface area contributed by atoms with Crippen molar-refractivity contribution in [3.8, 4) is 0 Å². The molecular formula is C14H26N4. The highest BCUT2D eigenvalue weighted by atomic mass is 15.3. The minimum atomic E-state index is 0.129. The molecule has 1 aromatic heterocycles. The number of aryl methyl sites for hydroxylation is 1. The average molecular weight is 250 g/mol. The SMILES string of the molecule is CCC1CCC(C)N1C(c1cnn(C)c1)C(C)N. The van der Waals surface area contributed by atoms with Crippen molar-refractivity contribution in [3.63, 3.8) is 0 Å². The van der Waals surface area contributed by atoms with Crippen LogP contribution in [-0.4, -0.2) is 32.8 Å². The van der Waals surface area contributed by atoms with Crippen LogP contribution in [0.4, 0.5) is 0 Å². The van der Waals surface area contributed by atoms with Crippen LogP contribution in [0, 0.1) is 0 Å². The Labute approximate surface area is 110 Å². The highest BCUT2D eigenvalue weighted by molar-refractivity contribution is 5.15. The van der Waals surface area contributed by atoms with Crippen molar-refractivity contribution in [1.29, 1.82) is 0 Å². The molecule has 0 amide bonds. The maximum absolute atomic E-state index is 6.26. The Bertz CT molecular complexity index is 385. The standard InChI is InChI=1S/C14H26N4/c1-5-13-7-6-10(2)18(13)14(11(3)15)12-8-16-17(4)9-12/h8-11,13-14H,5-7,15H2,1-4H3. The second-order valence-electron chi connectivity index (χ2n) is 5.69. The molecule has 0 saturated carbocycles. The van der Waals surface area contributed by atoms with Crippen LogP contribution in [0.5, 0.6) is 0 Å². The van der Waals surface area contributed by atoms with Crippen molar-refractivity contribution < 1.29 is 0 Å². The molecule has 1 aliphatic heterocycles. The molecule has 4 heteroatoms. The molecule has 0 bridgehead atoms. The predicted octanol–water partition coefficient (Wildman–Crippen LogP) is 2.07. The van der Waals surface area contributed by atoms with Crippen molar-refractivity contribution in [2.24, 2.45) is 12.8 Å². The van der Waals surface area contributed by atoms with E-state index in [2.05, 4.69) is 37.0 Å². The number of aromatic nitrogens is 2. The average Bonchev–Trinajstić information content (AvgIpc) is 2.87. The third kappa shape index (κ3) is 2.45. The predicted molar refractivity (Wildman–Crippen MR) is 74.2 cm³/mol. The van der Waals surface area contributed by atoms with Gasteiger partial charge in [-0.2, -0.15) is 5.10 Å². The summed E-state index contributed by atoms with van der Waals surface area (Å²) < 4.78 is 1.87. The summed E-state index contributed by atoms with van der Waals surface area (Å²) in [6.07, 6.45) is 7.84. The summed E-state index contributed by atoms with van der Waals surface area (Å²) >= 11 is 0. The summed E-state index contributed by atoms with van der Waals surface area (Å²) in [5.41, 5.74) is 7.51. The molecule has 1 fully saturated rings. The second-order valence-corrected chi connectivity index (χ2v) is 5.69. The Hall–Kier alpha value is -0.870. The fourth-order valence-corrected chi connectivity index (χ4v) is 3.35. The molecule has 0 aromatic carbocycles. The van der Waals surface area contributed by atoms with Gasteiger partial charge < -0.3 is 5.73 Å². The minimum absolute atomic E-state index is 0.129. The molecular weight excluding hydrogens is 224 g/mol. The third-order valence-corrected chi connectivity index (χ3v) is 4.21. The Morgan fingerprint density at radius 3 is 2.72 bits per heavy atom. The van der Waals surface area contributed by atoms with Crippen LogP contribution < -0.4 is 5.73 Å². The third-order valence-electron chi connectivity index (χ3n) is 4.21. The number of nitrogens with zero attached hydrogens (tertiary/aromatic N) is 3. The molecule has 0 aliphatic carbocycles. The highest BCUT2D eigenvalue weighted by Crippen LogP contribution is 2.36. The molecule has 1 aromatic rings. The van der Waals surface area contributed by atoms with Gasteiger partial charge in [0.25, 0.3) is 0 Å². The van der Waals surface area contributed by atoms with E-state index in [9.17, 15) is 0 Å². The molecule has 1 saturated heterocycles. The molecule has 0 radical (unpaired) electrons. The van der Waals surface area contributed by atoms with Gasteiger partial charge in [0.1, 0.15) is 0 Å². The summed E-state index contributed by atoms with van der Waals surface area (Å²) in [5, 5.41) is 4.30. The largest absolute Gasteiger partial charge is 0.326 e. The highest BCUT2D eigenvalue weighted by Gasteiger charge is 2.37. The van der Waals surface area contributed by atoms with Crippen LogP contribution >= 0.6 is 0 Å². The summed E-state index contributed by atoms with van der Waals surface area (Å²) in [5.74, 6) is 0. The Kier molecular flexibility index (Phi) is 4.07. The van der Waals surface area contributed by atoms with Gasteiger partial charge in [0.2, 0.25) is 0 Å². The lowest BCUT2D eigenvalue weighted by molar-refractivity contribution is 0.117. The van der Waals surface area contributed by atoms with Crippen LogP contribution in [-0.2, 0) is 7.05 Å². The van der Waals surface area contributed by atoms with Crippen molar-refractivity contribution in [1.82, 2.24) is 14.7 Å². The minimum Gasteiger partial charge on any atom is -0.326 e. The maximum atomic E-state index is 6.26. The molecule has 2 heterocycles. The number of hydrogen-bond acceptors (Lipinski definition) is 3. The summed E-state index contributed by atoms with van der Waals surface area (Å²) in [7, 11) is 1.96. The van der Waals surface area contributed by atoms with E-state index in [-0.39, 0.29) is 6.04 Å². The molecule has 0 spiro atoms. The number of rotatable bonds is 4. The molecule has 4 nitrogen and oxygen atoms in total. The van der Waals surface area contributed by atoms with E-state index >= 15 is 0 Å². The van der Waals surface area contributed by atoms with Crippen molar-refractivity contribution in [3.05, 3.63) is 18.0 Å². The smallest absolute Gasteiger partial charge is 0.0538 e. The Morgan fingerprint density at radius 1 is 1.50 bits per heavy atom. The lowest BCUT2D eigenvalue weighted by Gasteiger charge is -2.37. The zero-order chi connectivity index (χ0) is 13.3. The van der Waals surface area contributed by atoms with Gasteiger partial charge in [-0.25, -0.2) is 0 Å². The molecule has 2 rings (SSSR count). The van der Waals surface area contributed by atoms with Crippen molar-refractivity contribution in [2.45, 2.75) is 64.2 Å². The first kappa shape index (κ1) is 13.6. The van der Waals surface area contributed by atoms with Gasteiger partial charge in [0, 0.05) is 36.9 Å². The van der Waals surface area contributed by atoms with Crippen LogP contribution in [0.25, 0.3) is 0 Å². The van der Waals surface area contributed by atoms with E-state index < -0.39 is 0 Å². The summed E-state index contributed by atoms with van der Waals surface area (Å²) in [6, 6.07) is 1.70. The van der Waals surface area contributed by atoms with Crippen LogP contribution in [0.3, 0.4) is 0 Å². The van der Waals surface area contributed by atoms with Crippen LogP contribution in [0.2, 0.25) is 0 Å². The quantitative estimate of drug-likeness (QED) is 0.890. The van der Waals surface area contributed by atoms with Crippen LogP contribution in [0.15, 0.2) is 12.4 Å². The van der Waals surface area contributed by atoms with Crippen molar-refractivity contribution >= 4 is 0 Å². The first-order valence-electron chi connectivity index (χ1n) is 7.06. The molecule has 2 N–H and O–H groups in total. The normalized spacial score (nSPS) is 28.5. The van der Waals surface area contributed by atoms with Gasteiger partial charge in [0.05, 0.1) is 12.2 Å². The lowest BCUT2D eigenvalue weighted by atomic mass is 10.00. The lowest BCUT2D eigenvalue weighted by Crippen LogP contribution is -2.45. The zero-order valence-electron chi connectivity index (χ0n) is 12.0. The fraction of sp³-hybridized carbons (Fsp3) is 0.786. The topological polar surface area (TPSA) is 47.1 Å². The van der Waals surface area contributed by atoms with Gasteiger partial charge >= 0.3 is 0 Å².